The van der Waals surface area contributed by atoms with Gasteiger partial charge in [0.25, 0.3) is 0 Å². The monoisotopic (exact) mass is 361 g/mol. The van der Waals surface area contributed by atoms with Crippen molar-refractivity contribution in [1.82, 2.24) is 14.5 Å². The Morgan fingerprint density at radius 3 is 2.77 bits per heavy atom. The number of imidazole rings is 1. The van der Waals surface area contributed by atoms with Gasteiger partial charge in [-0.2, -0.15) is 5.26 Å². The summed E-state index contributed by atoms with van der Waals surface area (Å²) >= 11 is 6.18. The number of nitriles is 1. The lowest BCUT2D eigenvalue weighted by molar-refractivity contribution is 0.776. The lowest BCUT2D eigenvalue weighted by atomic mass is 10.1. The third-order valence-electron chi connectivity index (χ3n) is 4.56. The molecule has 0 saturated carbocycles. The molecule has 2 aromatic carbocycles. The molecule has 0 bridgehead atoms. The van der Waals surface area contributed by atoms with E-state index >= 15 is 0 Å². The van der Waals surface area contributed by atoms with Crippen LogP contribution in [0.1, 0.15) is 11.4 Å². The number of benzene rings is 2. The highest BCUT2D eigenvalue weighted by Gasteiger charge is 2.16. The van der Waals surface area contributed by atoms with Crippen LogP contribution in [0.2, 0.25) is 5.02 Å². The Hall–Kier alpha value is -3.10. The second kappa shape index (κ2) is 6.32. The van der Waals surface area contributed by atoms with Crippen LogP contribution in [0.3, 0.4) is 0 Å². The predicted molar refractivity (Wildman–Crippen MR) is 104 cm³/mol. The fourth-order valence-corrected chi connectivity index (χ4v) is 3.44. The van der Waals surface area contributed by atoms with Crippen molar-refractivity contribution in [3.63, 3.8) is 0 Å². The number of rotatable bonds is 3. The average molecular weight is 362 g/mol. The van der Waals surface area contributed by atoms with Gasteiger partial charge in [0, 0.05) is 30.7 Å². The highest BCUT2D eigenvalue weighted by atomic mass is 35.5. The SMILES string of the molecule is CN(Cc1nc2ccccc2n1C)c1c(C#N)cnc2ccc(Cl)cc12. The predicted octanol–water partition coefficient (Wildman–Crippen LogP) is 4.28. The van der Waals surface area contributed by atoms with Gasteiger partial charge in [0.15, 0.2) is 0 Å². The third kappa shape index (κ3) is 2.65. The van der Waals surface area contributed by atoms with Crippen LogP contribution in [0.25, 0.3) is 21.9 Å². The largest absolute Gasteiger partial charge is 0.365 e. The van der Waals surface area contributed by atoms with Crippen molar-refractivity contribution < 1.29 is 0 Å². The van der Waals surface area contributed by atoms with E-state index in [4.69, 9.17) is 16.6 Å². The molecule has 0 amide bonds. The molecule has 6 heteroatoms. The molecule has 4 aromatic rings. The molecule has 4 rings (SSSR count). The van der Waals surface area contributed by atoms with Gasteiger partial charge in [-0.05, 0) is 30.3 Å². The van der Waals surface area contributed by atoms with Crippen LogP contribution < -0.4 is 4.90 Å². The van der Waals surface area contributed by atoms with Gasteiger partial charge in [-0.1, -0.05) is 23.7 Å². The first kappa shape index (κ1) is 16.4. The number of aromatic nitrogens is 3. The Morgan fingerprint density at radius 1 is 1.19 bits per heavy atom. The molecule has 0 aliphatic rings. The van der Waals surface area contributed by atoms with Crippen LogP contribution in [-0.2, 0) is 13.6 Å². The van der Waals surface area contributed by atoms with Crippen molar-refractivity contribution in [2.45, 2.75) is 6.54 Å². The number of para-hydroxylation sites is 2. The summed E-state index contributed by atoms with van der Waals surface area (Å²) in [5.74, 6) is 0.921. The summed E-state index contributed by atoms with van der Waals surface area (Å²) in [6.45, 7) is 0.561. The summed E-state index contributed by atoms with van der Waals surface area (Å²) in [7, 11) is 3.96. The first-order valence-electron chi connectivity index (χ1n) is 8.18. The normalized spacial score (nSPS) is 11.0. The van der Waals surface area contributed by atoms with Gasteiger partial charge in [-0.15, -0.1) is 0 Å². The zero-order valence-corrected chi connectivity index (χ0v) is 15.2. The number of nitrogens with zero attached hydrogens (tertiary/aromatic N) is 5. The van der Waals surface area contributed by atoms with E-state index in [1.807, 2.05) is 55.4 Å². The first-order chi connectivity index (χ1) is 12.6. The van der Waals surface area contributed by atoms with Gasteiger partial charge >= 0.3 is 0 Å². The van der Waals surface area contributed by atoms with Gasteiger partial charge in [-0.3, -0.25) is 4.98 Å². The van der Waals surface area contributed by atoms with Crippen molar-refractivity contribution in [3.8, 4) is 6.07 Å². The van der Waals surface area contributed by atoms with E-state index in [9.17, 15) is 5.26 Å². The Kier molecular flexibility index (Phi) is 3.98. The molecular weight excluding hydrogens is 346 g/mol. The molecule has 0 aliphatic heterocycles. The summed E-state index contributed by atoms with van der Waals surface area (Å²) in [4.78, 5) is 11.1. The lowest BCUT2D eigenvalue weighted by Gasteiger charge is -2.22. The maximum Gasteiger partial charge on any atom is 0.129 e. The number of fused-ring (bicyclic) bond motifs is 2. The molecule has 0 unspecified atom stereocenters. The third-order valence-corrected chi connectivity index (χ3v) is 4.80. The Balaban J connectivity index is 1.83. The van der Waals surface area contributed by atoms with Crippen LogP contribution in [0.5, 0.6) is 0 Å². The molecule has 0 spiro atoms. The number of pyridine rings is 1. The van der Waals surface area contributed by atoms with Crippen LogP contribution >= 0.6 is 11.6 Å². The van der Waals surface area contributed by atoms with E-state index in [0.29, 0.717) is 17.1 Å². The van der Waals surface area contributed by atoms with Crippen molar-refractivity contribution >= 4 is 39.2 Å². The summed E-state index contributed by atoms with van der Waals surface area (Å²) < 4.78 is 2.08. The fourth-order valence-electron chi connectivity index (χ4n) is 3.27. The van der Waals surface area contributed by atoms with Crippen molar-refractivity contribution in [2.24, 2.45) is 7.05 Å². The first-order valence-corrected chi connectivity index (χ1v) is 8.56. The van der Waals surface area contributed by atoms with E-state index in [1.165, 1.54) is 0 Å². The summed E-state index contributed by atoms with van der Waals surface area (Å²) in [5, 5.41) is 11.0. The van der Waals surface area contributed by atoms with E-state index in [1.54, 1.807) is 12.3 Å². The Labute approximate surface area is 156 Å². The molecule has 0 N–H and O–H groups in total. The molecule has 0 atom stereocenters. The second-order valence-corrected chi connectivity index (χ2v) is 6.66. The molecule has 26 heavy (non-hydrogen) atoms. The highest BCUT2D eigenvalue weighted by Crippen LogP contribution is 2.31. The number of anilines is 1. The number of halogens is 1. The fraction of sp³-hybridized carbons (Fsp3) is 0.150. The molecule has 0 fully saturated rings. The van der Waals surface area contributed by atoms with Crippen molar-refractivity contribution in [3.05, 3.63) is 65.1 Å². The number of hydrogen-bond acceptors (Lipinski definition) is 4. The minimum Gasteiger partial charge on any atom is -0.365 e. The molecule has 0 aliphatic carbocycles. The summed E-state index contributed by atoms with van der Waals surface area (Å²) in [6.07, 6.45) is 1.61. The summed E-state index contributed by atoms with van der Waals surface area (Å²) in [5.41, 5.74) is 4.17. The molecule has 5 nitrogen and oxygen atoms in total. The molecule has 0 saturated heterocycles. The van der Waals surface area contributed by atoms with Crippen LogP contribution in [-0.4, -0.2) is 21.6 Å². The minimum atomic E-state index is 0.515. The van der Waals surface area contributed by atoms with E-state index in [0.717, 1.165) is 33.4 Å². The van der Waals surface area contributed by atoms with Crippen molar-refractivity contribution in [2.75, 3.05) is 11.9 Å². The standard InChI is InChI=1S/C20H16ClN5/c1-25(12-19-24-17-5-3-4-6-18(17)26(19)2)20-13(10-22)11-23-16-8-7-14(21)9-15(16)20/h3-9,11H,12H2,1-2H3. The summed E-state index contributed by atoms with van der Waals surface area (Å²) in [6, 6.07) is 15.8. The van der Waals surface area contributed by atoms with E-state index < -0.39 is 0 Å². The lowest BCUT2D eigenvalue weighted by Crippen LogP contribution is -2.20. The Morgan fingerprint density at radius 2 is 2.00 bits per heavy atom. The molecule has 0 radical (unpaired) electrons. The molecular formula is C20H16ClN5. The number of hydrogen-bond donors (Lipinski definition) is 0. The zero-order chi connectivity index (χ0) is 18.3. The molecule has 2 aromatic heterocycles. The van der Waals surface area contributed by atoms with Gasteiger partial charge < -0.3 is 9.47 Å². The quantitative estimate of drug-likeness (QED) is 0.546. The van der Waals surface area contributed by atoms with Crippen LogP contribution in [0.15, 0.2) is 48.7 Å². The minimum absolute atomic E-state index is 0.515. The van der Waals surface area contributed by atoms with Gasteiger partial charge in [0.2, 0.25) is 0 Å². The van der Waals surface area contributed by atoms with Gasteiger partial charge in [0.05, 0.1) is 34.3 Å². The van der Waals surface area contributed by atoms with E-state index in [2.05, 4.69) is 15.6 Å². The zero-order valence-electron chi connectivity index (χ0n) is 14.4. The topological polar surface area (TPSA) is 57.7 Å². The molecule has 128 valence electrons. The maximum absolute atomic E-state index is 9.56. The van der Waals surface area contributed by atoms with E-state index in [-0.39, 0.29) is 0 Å². The highest BCUT2D eigenvalue weighted by molar-refractivity contribution is 6.31. The molecule has 2 heterocycles. The smallest absolute Gasteiger partial charge is 0.129 e. The van der Waals surface area contributed by atoms with Crippen LogP contribution in [0.4, 0.5) is 5.69 Å². The second-order valence-electron chi connectivity index (χ2n) is 6.23. The van der Waals surface area contributed by atoms with Crippen molar-refractivity contribution in [1.29, 1.82) is 5.26 Å². The average Bonchev–Trinajstić information content (AvgIpc) is 2.96. The maximum atomic E-state index is 9.56. The Bertz CT molecular complexity index is 1170. The van der Waals surface area contributed by atoms with Gasteiger partial charge in [0.1, 0.15) is 11.9 Å². The number of aryl methyl sites for hydroxylation is 1. The van der Waals surface area contributed by atoms with Crippen LogP contribution in [0, 0.1) is 11.3 Å². The van der Waals surface area contributed by atoms with Gasteiger partial charge in [-0.25, -0.2) is 4.98 Å².